The van der Waals surface area contributed by atoms with Crippen LogP contribution in [-0.2, 0) is 9.59 Å². The third-order valence-corrected chi connectivity index (χ3v) is 2.58. The van der Waals surface area contributed by atoms with Crippen LogP contribution in [0.2, 0.25) is 5.02 Å². The third kappa shape index (κ3) is 4.87. The molecule has 2 amide bonds. The van der Waals surface area contributed by atoms with E-state index in [0.717, 1.165) is 0 Å². The summed E-state index contributed by atoms with van der Waals surface area (Å²) in [6.45, 7) is -1.13. The molecule has 0 fully saturated rings. The molecule has 8 heteroatoms. The number of hydrogen-bond donors (Lipinski definition) is 4. The first-order valence-electron chi connectivity index (χ1n) is 5.61. The molecule has 0 bridgehead atoms. The van der Waals surface area contributed by atoms with E-state index in [1.165, 1.54) is 24.3 Å². The molecule has 108 valence electrons. The summed E-state index contributed by atoms with van der Waals surface area (Å²) in [4.78, 5) is 33.6. The van der Waals surface area contributed by atoms with Crippen molar-refractivity contribution in [3.05, 3.63) is 34.9 Å². The van der Waals surface area contributed by atoms with Gasteiger partial charge in [0.15, 0.2) is 0 Å². The topological polar surface area (TPSA) is 116 Å². The van der Waals surface area contributed by atoms with Gasteiger partial charge in [-0.25, -0.2) is 4.79 Å². The Morgan fingerprint density at radius 2 is 1.80 bits per heavy atom. The predicted molar refractivity (Wildman–Crippen MR) is 70.4 cm³/mol. The number of carboxylic acid groups (broad SMARTS) is 1. The van der Waals surface area contributed by atoms with Crippen LogP contribution in [0.5, 0.6) is 0 Å². The molecule has 0 saturated heterocycles. The van der Waals surface area contributed by atoms with Crippen molar-refractivity contribution in [1.82, 2.24) is 10.6 Å². The van der Waals surface area contributed by atoms with Crippen LogP contribution in [0.4, 0.5) is 0 Å². The van der Waals surface area contributed by atoms with Gasteiger partial charge in [0.2, 0.25) is 5.91 Å². The highest BCUT2D eigenvalue weighted by Crippen LogP contribution is 2.09. The lowest BCUT2D eigenvalue weighted by molar-refractivity contribution is -0.142. The van der Waals surface area contributed by atoms with Crippen LogP contribution in [0, 0.1) is 0 Å². The lowest BCUT2D eigenvalue weighted by atomic mass is 10.2. The number of carboxylic acids is 1. The van der Waals surface area contributed by atoms with Gasteiger partial charge < -0.3 is 20.8 Å². The van der Waals surface area contributed by atoms with E-state index in [1.54, 1.807) is 0 Å². The molecule has 1 atom stereocenters. The molecule has 0 saturated carbocycles. The lowest BCUT2D eigenvalue weighted by Crippen LogP contribution is -2.47. The average Bonchev–Trinajstić information content (AvgIpc) is 2.42. The quantitative estimate of drug-likeness (QED) is 0.572. The molecule has 4 N–H and O–H groups in total. The second kappa shape index (κ2) is 7.46. The van der Waals surface area contributed by atoms with E-state index in [1.807, 2.05) is 0 Å². The monoisotopic (exact) mass is 300 g/mol. The number of aliphatic hydroxyl groups is 1. The fourth-order valence-corrected chi connectivity index (χ4v) is 1.42. The second-order valence-electron chi connectivity index (χ2n) is 3.83. The minimum atomic E-state index is -1.39. The van der Waals surface area contributed by atoms with Crippen molar-refractivity contribution < 1.29 is 24.6 Å². The zero-order valence-corrected chi connectivity index (χ0v) is 11.1. The van der Waals surface area contributed by atoms with Gasteiger partial charge in [-0.2, -0.15) is 0 Å². The normalized spacial score (nSPS) is 11.5. The fraction of sp³-hybridized carbons (Fsp3) is 0.250. The van der Waals surface area contributed by atoms with Crippen LogP contribution >= 0.6 is 11.6 Å². The first kappa shape index (κ1) is 15.9. The number of halogens is 1. The Morgan fingerprint density at radius 3 is 2.30 bits per heavy atom. The smallest absolute Gasteiger partial charge is 0.328 e. The van der Waals surface area contributed by atoms with Crippen molar-refractivity contribution in [3.63, 3.8) is 0 Å². The number of rotatable bonds is 6. The van der Waals surface area contributed by atoms with Gasteiger partial charge >= 0.3 is 5.97 Å². The van der Waals surface area contributed by atoms with E-state index in [9.17, 15) is 14.4 Å². The summed E-state index contributed by atoms with van der Waals surface area (Å²) in [6.07, 6.45) is 0. The second-order valence-corrected chi connectivity index (χ2v) is 4.27. The van der Waals surface area contributed by atoms with Gasteiger partial charge in [-0.05, 0) is 24.3 Å². The molecule has 0 aliphatic heterocycles. The zero-order chi connectivity index (χ0) is 15.1. The van der Waals surface area contributed by atoms with Crippen molar-refractivity contribution in [1.29, 1.82) is 0 Å². The summed E-state index contributed by atoms with van der Waals surface area (Å²) in [5, 5.41) is 22.2. The maximum Gasteiger partial charge on any atom is 0.328 e. The van der Waals surface area contributed by atoms with Gasteiger partial charge in [0.1, 0.15) is 6.04 Å². The van der Waals surface area contributed by atoms with Crippen molar-refractivity contribution in [2.24, 2.45) is 0 Å². The van der Waals surface area contributed by atoms with Crippen LogP contribution < -0.4 is 10.6 Å². The number of benzene rings is 1. The molecular weight excluding hydrogens is 288 g/mol. The highest BCUT2D eigenvalue weighted by atomic mass is 35.5. The highest BCUT2D eigenvalue weighted by Gasteiger charge is 2.18. The molecular formula is C12H13ClN2O5. The van der Waals surface area contributed by atoms with E-state index in [4.69, 9.17) is 21.8 Å². The Morgan fingerprint density at radius 1 is 1.20 bits per heavy atom. The molecule has 0 heterocycles. The van der Waals surface area contributed by atoms with Crippen LogP contribution in [-0.4, -0.2) is 47.2 Å². The van der Waals surface area contributed by atoms with Crippen molar-refractivity contribution in [2.75, 3.05) is 13.2 Å². The van der Waals surface area contributed by atoms with Crippen LogP contribution in [0.1, 0.15) is 10.4 Å². The molecule has 1 rings (SSSR count). The number of carbonyl (C=O) groups excluding carboxylic acids is 2. The van der Waals surface area contributed by atoms with Gasteiger partial charge in [-0.1, -0.05) is 11.6 Å². The first-order valence-corrected chi connectivity index (χ1v) is 5.98. The van der Waals surface area contributed by atoms with E-state index < -0.39 is 37.0 Å². The van der Waals surface area contributed by atoms with Crippen molar-refractivity contribution in [2.45, 2.75) is 6.04 Å². The number of carbonyl (C=O) groups is 3. The number of hydrogen-bond acceptors (Lipinski definition) is 4. The predicted octanol–water partition coefficient (Wildman–Crippen LogP) is -0.369. The summed E-state index contributed by atoms with van der Waals surface area (Å²) in [5.41, 5.74) is 0.319. The Hall–Kier alpha value is -2.12. The number of aliphatic carboxylic acids is 1. The summed E-state index contributed by atoms with van der Waals surface area (Å²) < 4.78 is 0. The Kier molecular flexibility index (Phi) is 5.95. The van der Waals surface area contributed by atoms with Gasteiger partial charge in [0.05, 0.1) is 13.2 Å². The maximum absolute atomic E-state index is 11.6. The summed E-state index contributed by atoms with van der Waals surface area (Å²) in [5.74, 6) is -2.56. The molecule has 7 nitrogen and oxygen atoms in total. The maximum atomic E-state index is 11.6. The van der Waals surface area contributed by atoms with Crippen LogP contribution in [0.3, 0.4) is 0 Å². The van der Waals surface area contributed by atoms with Crippen molar-refractivity contribution in [3.8, 4) is 0 Å². The third-order valence-electron chi connectivity index (χ3n) is 2.33. The Labute approximate surface area is 119 Å². The molecule has 0 aromatic heterocycles. The Balaban J connectivity index is 2.46. The van der Waals surface area contributed by atoms with E-state index >= 15 is 0 Å². The summed E-state index contributed by atoms with van der Waals surface area (Å²) in [7, 11) is 0. The van der Waals surface area contributed by atoms with E-state index in [0.29, 0.717) is 10.6 Å². The van der Waals surface area contributed by atoms with Crippen molar-refractivity contribution >= 4 is 29.4 Å². The fourth-order valence-electron chi connectivity index (χ4n) is 1.29. The highest BCUT2D eigenvalue weighted by molar-refractivity contribution is 6.30. The zero-order valence-electron chi connectivity index (χ0n) is 10.3. The number of aliphatic hydroxyl groups excluding tert-OH is 1. The SMILES string of the molecule is O=C(CNC(=O)c1ccc(Cl)cc1)N[C@@H](CO)C(=O)O. The molecule has 1 aromatic rings. The minimum absolute atomic E-state index is 0.319. The molecule has 1 aromatic carbocycles. The minimum Gasteiger partial charge on any atom is -0.480 e. The van der Waals surface area contributed by atoms with E-state index in [-0.39, 0.29) is 0 Å². The molecule has 0 aliphatic rings. The van der Waals surface area contributed by atoms with E-state index in [2.05, 4.69) is 10.6 Å². The Bertz CT molecular complexity index is 503. The molecule has 0 unspecified atom stereocenters. The number of amides is 2. The van der Waals surface area contributed by atoms with Gasteiger partial charge in [-0.15, -0.1) is 0 Å². The standard InChI is InChI=1S/C12H13ClN2O5/c13-8-3-1-7(2-4-8)11(18)14-5-10(17)15-9(6-16)12(19)20/h1-4,9,16H,5-6H2,(H,14,18)(H,15,17)(H,19,20)/t9-/m0/s1. The van der Waals surface area contributed by atoms with Gasteiger partial charge in [0, 0.05) is 10.6 Å². The molecule has 20 heavy (non-hydrogen) atoms. The molecule has 0 radical (unpaired) electrons. The van der Waals surface area contributed by atoms with Gasteiger partial charge in [0.25, 0.3) is 5.91 Å². The van der Waals surface area contributed by atoms with Crippen LogP contribution in [0.25, 0.3) is 0 Å². The molecule has 0 spiro atoms. The number of nitrogens with one attached hydrogen (secondary N) is 2. The average molecular weight is 301 g/mol. The van der Waals surface area contributed by atoms with Gasteiger partial charge in [-0.3, -0.25) is 9.59 Å². The summed E-state index contributed by atoms with van der Waals surface area (Å²) in [6, 6.07) is 4.65. The molecule has 0 aliphatic carbocycles. The first-order chi connectivity index (χ1) is 9.43. The summed E-state index contributed by atoms with van der Waals surface area (Å²) >= 11 is 5.67. The van der Waals surface area contributed by atoms with Crippen LogP contribution in [0.15, 0.2) is 24.3 Å². The lowest BCUT2D eigenvalue weighted by Gasteiger charge is -2.12. The largest absolute Gasteiger partial charge is 0.480 e.